The average molecular weight is 332 g/mol. The zero-order valence-corrected chi connectivity index (χ0v) is 14.3. The van der Waals surface area contributed by atoms with Gasteiger partial charge in [0.25, 0.3) is 5.91 Å². The van der Waals surface area contributed by atoms with Gasteiger partial charge in [-0.25, -0.2) is 0 Å². The van der Waals surface area contributed by atoms with Crippen LogP contribution in [0, 0.1) is 6.92 Å². The molecule has 126 valence electrons. The number of pyridine rings is 1. The number of aryl methyl sites for hydroxylation is 2. The Kier molecular flexibility index (Phi) is 3.17. The molecular formula is C20H20N4O. The van der Waals surface area contributed by atoms with Crippen molar-refractivity contribution >= 4 is 16.8 Å². The topological polar surface area (TPSA) is 61.9 Å². The number of rotatable bonds is 1. The number of amides is 1. The molecule has 5 rings (SSSR count). The molecule has 0 unspecified atom stereocenters. The maximum Gasteiger partial charge on any atom is 0.255 e. The number of benzene rings is 1. The van der Waals surface area contributed by atoms with Crippen molar-refractivity contribution in [3.63, 3.8) is 0 Å². The molecule has 0 spiro atoms. The van der Waals surface area contributed by atoms with E-state index >= 15 is 0 Å². The van der Waals surface area contributed by atoms with Crippen molar-refractivity contribution in [3.8, 4) is 0 Å². The number of aromatic nitrogens is 3. The molecule has 0 bridgehead atoms. The minimum atomic E-state index is 0.142. The Balaban J connectivity index is 1.62. The normalized spacial score (nSPS) is 16.1. The summed E-state index contributed by atoms with van der Waals surface area (Å²) < 4.78 is 0. The van der Waals surface area contributed by atoms with E-state index in [4.69, 9.17) is 4.98 Å². The summed E-state index contributed by atoms with van der Waals surface area (Å²) in [5.41, 5.74) is 7.43. The number of H-pyrrole nitrogens is 1. The molecule has 1 aliphatic carbocycles. The summed E-state index contributed by atoms with van der Waals surface area (Å²) in [4.78, 5) is 20.3. The monoisotopic (exact) mass is 332 g/mol. The molecule has 1 aliphatic heterocycles. The average Bonchev–Trinajstić information content (AvgIpc) is 3.25. The summed E-state index contributed by atoms with van der Waals surface area (Å²) in [6.07, 6.45) is 3.84. The Bertz CT molecular complexity index is 1000. The minimum absolute atomic E-state index is 0.142. The molecule has 1 N–H and O–H groups in total. The van der Waals surface area contributed by atoms with Crippen LogP contribution >= 0.6 is 0 Å². The van der Waals surface area contributed by atoms with Crippen molar-refractivity contribution in [2.45, 2.75) is 39.2 Å². The highest BCUT2D eigenvalue weighted by atomic mass is 16.2. The molecule has 0 atom stereocenters. The third-order valence-corrected chi connectivity index (χ3v) is 5.55. The Hall–Kier alpha value is -2.69. The van der Waals surface area contributed by atoms with Crippen LogP contribution in [0.15, 0.2) is 24.3 Å². The lowest BCUT2D eigenvalue weighted by atomic mass is 9.98. The zero-order valence-electron chi connectivity index (χ0n) is 14.3. The highest BCUT2D eigenvalue weighted by molar-refractivity contribution is 6.07. The van der Waals surface area contributed by atoms with E-state index in [-0.39, 0.29) is 5.91 Å². The van der Waals surface area contributed by atoms with E-state index in [1.165, 1.54) is 11.1 Å². The van der Waals surface area contributed by atoms with E-state index in [2.05, 4.69) is 10.2 Å². The first-order valence-corrected chi connectivity index (χ1v) is 8.95. The minimum Gasteiger partial charge on any atom is -0.334 e. The Morgan fingerprint density at radius 1 is 1.12 bits per heavy atom. The van der Waals surface area contributed by atoms with Crippen LogP contribution in [0.1, 0.15) is 45.0 Å². The molecule has 1 aromatic carbocycles. The molecule has 0 radical (unpaired) electrons. The van der Waals surface area contributed by atoms with E-state index in [1.807, 2.05) is 36.1 Å². The number of carbonyl (C=O) groups is 1. The summed E-state index contributed by atoms with van der Waals surface area (Å²) in [5, 5.41) is 8.40. The van der Waals surface area contributed by atoms with Crippen LogP contribution in [0.5, 0.6) is 0 Å². The molecule has 0 saturated carbocycles. The number of nitrogens with zero attached hydrogens (tertiary/aromatic N) is 3. The van der Waals surface area contributed by atoms with Crippen LogP contribution in [-0.2, 0) is 25.8 Å². The van der Waals surface area contributed by atoms with Gasteiger partial charge in [-0.3, -0.25) is 14.9 Å². The number of para-hydroxylation sites is 1. The van der Waals surface area contributed by atoms with Gasteiger partial charge in [0.2, 0.25) is 0 Å². The first kappa shape index (κ1) is 14.6. The molecule has 3 aromatic rings. The lowest BCUT2D eigenvalue weighted by Crippen LogP contribution is -2.36. The number of aromatic amines is 1. The van der Waals surface area contributed by atoms with Gasteiger partial charge in [0.05, 0.1) is 16.8 Å². The maximum absolute atomic E-state index is 13.5. The second kappa shape index (κ2) is 5.41. The van der Waals surface area contributed by atoms with E-state index in [0.717, 1.165) is 65.8 Å². The van der Waals surface area contributed by atoms with Gasteiger partial charge in [0.15, 0.2) is 0 Å². The smallest absolute Gasteiger partial charge is 0.255 e. The molecule has 2 aromatic heterocycles. The van der Waals surface area contributed by atoms with Gasteiger partial charge in [-0.2, -0.15) is 5.10 Å². The van der Waals surface area contributed by atoms with Gasteiger partial charge < -0.3 is 4.90 Å². The fourth-order valence-corrected chi connectivity index (χ4v) is 4.22. The van der Waals surface area contributed by atoms with E-state index in [9.17, 15) is 4.79 Å². The Morgan fingerprint density at radius 2 is 2.00 bits per heavy atom. The third kappa shape index (κ3) is 2.18. The largest absolute Gasteiger partial charge is 0.334 e. The van der Waals surface area contributed by atoms with Crippen LogP contribution in [0.3, 0.4) is 0 Å². The Morgan fingerprint density at radius 3 is 2.92 bits per heavy atom. The van der Waals surface area contributed by atoms with Crippen molar-refractivity contribution in [3.05, 3.63) is 58.0 Å². The molecule has 1 amide bonds. The summed E-state index contributed by atoms with van der Waals surface area (Å²) in [6, 6.07) is 8.04. The lowest BCUT2D eigenvalue weighted by Gasteiger charge is -2.28. The lowest BCUT2D eigenvalue weighted by molar-refractivity contribution is 0.0735. The van der Waals surface area contributed by atoms with Gasteiger partial charge in [-0.05, 0) is 37.8 Å². The quantitative estimate of drug-likeness (QED) is 0.745. The summed E-state index contributed by atoms with van der Waals surface area (Å²) in [7, 11) is 0. The molecule has 5 heteroatoms. The number of hydrogen-bond donors (Lipinski definition) is 1. The van der Waals surface area contributed by atoms with E-state index < -0.39 is 0 Å². The number of hydrogen-bond acceptors (Lipinski definition) is 3. The fraction of sp³-hybridized carbons (Fsp3) is 0.350. The highest BCUT2D eigenvalue weighted by Crippen LogP contribution is 2.32. The molecule has 2 aliphatic rings. The van der Waals surface area contributed by atoms with Crippen LogP contribution in [0.2, 0.25) is 0 Å². The molecule has 3 heterocycles. The van der Waals surface area contributed by atoms with Gasteiger partial charge in [0.1, 0.15) is 0 Å². The molecule has 0 saturated heterocycles. The maximum atomic E-state index is 13.5. The van der Waals surface area contributed by atoms with Gasteiger partial charge >= 0.3 is 0 Å². The summed E-state index contributed by atoms with van der Waals surface area (Å²) in [6.45, 7) is 3.39. The first-order chi connectivity index (χ1) is 12.2. The SMILES string of the molecule is Cc1[nH]nc2c1CN(C(=O)c1c3c(nc4ccccc14)CCC3)CC2. The van der Waals surface area contributed by atoms with Crippen LogP contribution in [0.25, 0.3) is 10.9 Å². The van der Waals surface area contributed by atoms with Gasteiger partial charge in [-0.1, -0.05) is 18.2 Å². The number of nitrogens with one attached hydrogen (secondary N) is 1. The number of carbonyl (C=O) groups excluding carboxylic acids is 1. The van der Waals surface area contributed by atoms with Crippen LogP contribution < -0.4 is 0 Å². The van der Waals surface area contributed by atoms with Crippen LogP contribution in [0.4, 0.5) is 0 Å². The van der Waals surface area contributed by atoms with Crippen molar-refractivity contribution in [2.24, 2.45) is 0 Å². The molecule has 5 nitrogen and oxygen atoms in total. The van der Waals surface area contributed by atoms with Crippen molar-refractivity contribution < 1.29 is 4.79 Å². The third-order valence-electron chi connectivity index (χ3n) is 5.55. The second-order valence-electron chi connectivity index (χ2n) is 7.03. The summed E-state index contributed by atoms with van der Waals surface area (Å²) >= 11 is 0. The predicted molar refractivity (Wildman–Crippen MR) is 95.5 cm³/mol. The van der Waals surface area contributed by atoms with Gasteiger partial charge in [-0.15, -0.1) is 0 Å². The zero-order chi connectivity index (χ0) is 17.0. The van der Waals surface area contributed by atoms with Crippen LogP contribution in [-0.4, -0.2) is 32.5 Å². The van der Waals surface area contributed by atoms with Crippen molar-refractivity contribution in [2.75, 3.05) is 6.54 Å². The van der Waals surface area contributed by atoms with Crippen molar-refractivity contribution in [1.82, 2.24) is 20.1 Å². The molecular weight excluding hydrogens is 312 g/mol. The highest BCUT2D eigenvalue weighted by Gasteiger charge is 2.30. The molecule has 0 fully saturated rings. The number of fused-ring (bicyclic) bond motifs is 3. The predicted octanol–water partition coefficient (Wildman–Crippen LogP) is 2.95. The first-order valence-electron chi connectivity index (χ1n) is 8.95. The summed E-state index contributed by atoms with van der Waals surface area (Å²) in [5.74, 6) is 0.142. The Labute approximate surface area is 146 Å². The fourth-order valence-electron chi connectivity index (χ4n) is 4.22. The van der Waals surface area contributed by atoms with E-state index in [1.54, 1.807) is 0 Å². The molecule has 25 heavy (non-hydrogen) atoms. The second-order valence-corrected chi connectivity index (χ2v) is 7.03. The van der Waals surface area contributed by atoms with Gasteiger partial charge in [0, 0.05) is 41.8 Å². The van der Waals surface area contributed by atoms with E-state index in [0.29, 0.717) is 6.54 Å². The standard InChI is InChI=1S/C20H20N4O/c1-12-15-11-24(10-9-18(15)23-22-12)20(25)19-13-5-2-3-7-16(13)21-17-8-4-6-14(17)19/h2-3,5,7H,4,6,8-11H2,1H3,(H,22,23). The van der Waals surface area contributed by atoms with Crippen molar-refractivity contribution in [1.29, 1.82) is 0 Å².